The number of ketones is 1. The molecule has 0 fully saturated rings. The highest BCUT2D eigenvalue weighted by atomic mass is 16.5. The number of amides is 1. The van der Waals surface area contributed by atoms with E-state index in [9.17, 15) is 9.59 Å². The topological polar surface area (TPSA) is 55.4 Å². The molecule has 1 N–H and O–H groups in total. The number of carbonyl (C=O) groups excluding carboxylic acids is 2. The summed E-state index contributed by atoms with van der Waals surface area (Å²) in [5.74, 6) is 0.0683. The molecule has 0 radical (unpaired) electrons. The third kappa shape index (κ3) is 4.32. The van der Waals surface area contributed by atoms with Crippen LogP contribution in [0.4, 0.5) is 4.79 Å². The highest BCUT2D eigenvalue weighted by molar-refractivity contribution is 5.91. The fourth-order valence-corrected chi connectivity index (χ4v) is 1.19. The summed E-state index contributed by atoms with van der Waals surface area (Å²) in [5.41, 5.74) is -0.462. The number of methoxy groups -OCH3 is 1. The van der Waals surface area contributed by atoms with Crippen LogP contribution in [-0.4, -0.2) is 25.0 Å². The van der Waals surface area contributed by atoms with E-state index in [-0.39, 0.29) is 11.7 Å². The van der Waals surface area contributed by atoms with Crippen molar-refractivity contribution in [3.05, 3.63) is 0 Å². The molecule has 1 unspecified atom stereocenters. The maximum atomic E-state index is 12.0. The highest BCUT2D eigenvalue weighted by Gasteiger charge is 2.32. The van der Waals surface area contributed by atoms with Gasteiger partial charge in [0, 0.05) is 5.41 Å². The second-order valence-corrected chi connectivity index (χ2v) is 4.97. The predicted molar refractivity (Wildman–Crippen MR) is 58.6 cm³/mol. The van der Waals surface area contributed by atoms with E-state index in [1.54, 1.807) is 0 Å². The molecule has 1 amide bonds. The van der Waals surface area contributed by atoms with Crippen molar-refractivity contribution in [1.29, 1.82) is 0 Å². The van der Waals surface area contributed by atoms with E-state index in [2.05, 4.69) is 10.1 Å². The smallest absolute Gasteiger partial charge is 0.407 e. The zero-order valence-corrected chi connectivity index (χ0v) is 10.4. The molecule has 1 atom stereocenters. The SMILES string of the molecule is COC(=O)NC(C(=O)C(C)(C)C)C(C)C. The van der Waals surface area contributed by atoms with Gasteiger partial charge in [0.2, 0.25) is 0 Å². The Bertz CT molecular complexity index is 241. The number of carbonyl (C=O) groups is 2. The molecular formula is C11H21NO3. The van der Waals surface area contributed by atoms with Gasteiger partial charge in [0.05, 0.1) is 13.2 Å². The minimum atomic E-state index is -0.564. The van der Waals surface area contributed by atoms with E-state index in [0.29, 0.717) is 0 Å². The molecule has 0 heterocycles. The van der Waals surface area contributed by atoms with Gasteiger partial charge in [-0.15, -0.1) is 0 Å². The van der Waals surface area contributed by atoms with E-state index >= 15 is 0 Å². The Morgan fingerprint density at radius 2 is 1.67 bits per heavy atom. The normalized spacial score (nSPS) is 13.5. The Balaban J connectivity index is 4.68. The van der Waals surface area contributed by atoms with Crippen LogP contribution in [0.1, 0.15) is 34.6 Å². The maximum absolute atomic E-state index is 12.0. The van der Waals surface area contributed by atoms with Crippen molar-refractivity contribution >= 4 is 11.9 Å². The zero-order valence-electron chi connectivity index (χ0n) is 10.4. The van der Waals surface area contributed by atoms with Gasteiger partial charge in [-0.2, -0.15) is 0 Å². The first kappa shape index (κ1) is 13.9. The predicted octanol–water partition coefficient (Wildman–Crippen LogP) is 1.98. The van der Waals surface area contributed by atoms with Crippen LogP contribution in [0.5, 0.6) is 0 Å². The summed E-state index contributed by atoms with van der Waals surface area (Å²) in [6.45, 7) is 9.30. The second-order valence-electron chi connectivity index (χ2n) is 4.97. The summed E-state index contributed by atoms with van der Waals surface area (Å²) in [6.07, 6.45) is -0.564. The van der Waals surface area contributed by atoms with Gasteiger partial charge in [0.1, 0.15) is 0 Å². The van der Waals surface area contributed by atoms with Gasteiger partial charge < -0.3 is 10.1 Å². The minimum absolute atomic E-state index is 0.0166. The van der Waals surface area contributed by atoms with Crippen LogP contribution in [-0.2, 0) is 9.53 Å². The molecular weight excluding hydrogens is 194 g/mol. The molecule has 15 heavy (non-hydrogen) atoms. The molecule has 4 nitrogen and oxygen atoms in total. The Labute approximate surface area is 91.4 Å². The second kappa shape index (κ2) is 5.14. The fraction of sp³-hybridized carbons (Fsp3) is 0.818. The van der Waals surface area contributed by atoms with Crippen molar-refractivity contribution in [3.63, 3.8) is 0 Å². The lowest BCUT2D eigenvalue weighted by Crippen LogP contribution is -2.48. The summed E-state index contributed by atoms with van der Waals surface area (Å²) < 4.78 is 4.49. The molecule has 0 aromatic rings. The number of Topliss-reactive ketones (excluding diaryl/α,β-unsaturated/α-hetero) is 1. The van der Waals surface area contributed by atoms with Gasteiger partial charge in [-0.05, 0) is 5.92 Å². The first-order valence-electron chi connectivity index (χ1n) is 5.09. The van der Waals surface area contributed by atoms with Crippen LogP contribution in [0.2, 0.25) is 0 Å². The van der Waals surface area contributed by atoms with Crippen LogP contribution >= 0.6 is 0 Å². The lowest BCUT2D eigenvalue weighted by atomic mass is 9.82. The molecule has 0 saturated heterocycles. The van der Waals surface area contributed by atoms with Gasteiger partial charge in [-0.3, -0.25) is 4.79 Å². The molecule has 0 aliphatic rings. The monoisotopic (exact) mass is 215 g/mol. The van der Waals surface area contributed by atoms with Crippen LogP contribution in [0, 0.1) is 11.3 Å². The van der Waals surface area contributed by atoms with Gasteiger partial charge >= 0.3 is 6.09 Å². The summed E-state index contributed by atoms with van der Waals surface area (Å²) in [7, 11) is 1.29. The van der Waals surface area contributed by atoms with Crippen molar-refractivity contribution in [3.8, 4) is 0 Å². The third-order valence-corrected chi connectivity index (χ3v) is 2.15. The minimum Gasteiger partial charge on any atom is -0.453 e. The Kier molecular flexibility index (Phi) is 4.78. The first-order chi connectivity index (χ1) is 6.70. The van der Waals surface area contributed by atoms with Gasteiger partial charge in [-0.1, -0.05) is 34.6 Å². The Hall–Kier alpha value is -1.06. The van der Waals surface area contributed by atoms with Gasteiger partial charge in [0.15, 0.2) is 5.78 Å². The first-order valence-corrected chi connectivity index (χ1v) is 5.09. The quantitative estimate of drug-likeness (QED) is 0.783. The summed E-state index contributed by atoms with van der Waals surface area (Å²) in [5, 5.41) is 2.56. The largest absolute Gasteiger partial charge is 0.453 e. The molecule has 0 rings (SSSR count). The van der Waals surface area contributed by atoms with Crippen LogP contribution < -0.4 is 5.32 Å². The van der Waals surface area contributed by atoms with E-state index in [0.717, 1.165) is 0 Å². The van der Waals surface area contributed by atoms with E-state index in [4.69, 9.17) is 0 Å². The number of alkyl carbamates (subject to hydrolysis) is 1. The lowest BCUT2D eigenvalue weighted by Gasteiger charge is -2.27. The molecule has 0 aromatic carbocycles. The molecule has 0 aliphatic carbocycles. The molecule has 0 spiro atoms. The average Bonchev–Trinajstić information content (AvgIpc) is 2.10. The van der Waals surface area contributed by atoms with Crippen LogP contribution in [0.25, 0.3) is 0 Å². The van der Waals surface area contributed by atoms with Crippen LogP contribution in [0.3, 0.4) is 0 Å². The summed E-state index contributed by atoms with van der Waals surface area (Å²) >= 11 is 0. The molecule has 0 saturated carbocycles. The molecule has 0 bridgehead atoms. The third-order valence-electron chi connectivity index (χ3n) is 2.15. The number of hydrogen-bond acceptors (Lipinski definition) is 3. The highest BCUT2D eigenvalue weighted by Crippen LogP contribution is 2.20. The molecule has 0 aliphatic heterocycles. The Morgan fingerprint density at radius 1 is 1.20 bits per heavy atom. The van der Waals surface area contributed by atoms with Crippen molar-refractivity contribution < 1.29 is 14.3 Å². The number of rotatable bonds is 3. The van der Waals surface area contributed by atoms with Crippen molar-refractivity contribution in [2.75, 3.05) is 7.11 Å². The number of hydrogen-bond donors (Lipinski definition) is 1. The molecule has 4 heteroatoms. The van der Waals surface area contributed by atoms with Gasteiger partial charge in [-0.25, -0.2) is 4.79 Å². The zero-order chi connectivity index (χ0) is 12.2. The maximum Gasteiger partial charge on any atom is 0.407 e. The van der Waals surface area contributed by atoms with Gasteiger partial charge in [0.25, 0.3) is 0 Å². The molecule has 0 aromatic heterocycles. The van der Waals surface area contributed by atoms with Crippen molar-refractivity contribution in [1.82, 2.24) is 5.32 Å². The number of ether oxygens (including phenoxy) is 1. The summed E-state index contributed by atoms with van der Waals surface area (Å²) in [4.78, 5) is 23.1. The number of nitrogens with one attached hydrogen (secondary N) is 1. The standard InChI is InChI=1S/C11H21NO3/c1-7(2)8(12-10(14)15-6)9(13)11(3,4)5/h7-8H,1-6H3,(H,12,14). The van der Waals surface area contributed by atoms with E-state index in [1.165, 1.54) is 7.11 Å². The average molecular weight is 215 g/mol. The molecule has 88 valence electrons. The van der Waals surface area contributed by atoms with Crippen LogP contribution in [0.15, 0.2) is 0 Å². The lowest BCUT2D eigenvalue weighted by molar-refractivity contribution is -0.129. The van der Waals surface area contributed by atoms with Crippen molar-refractivity contribution in [2.24, 2.45) is 11.3 Å². The van der Waals surface area contributed by atoms with E-state index in [1.807, 2.05) is 34.6 Å². The van der Waals surface area contributed by atoms with E-state index < -0.39 is 17.6 Å². The Morgan fingerprint density at radius 3 is 1.93 bits per heavy atom. The summed E-state index contributed by atoms with van der Waals surface area (Å²) in [6, 6.07) is -0.488. The van der Waals surface area contributed by atoms with Crippen molar-refractivity contribution in [2.45, 2.75) is 40.7 Å². The fourth-order valence-electron chi connectivity index (χ4n) is 1.19.